The maximum Gasteiger partial charge on any atom is 0.239 e. The van der Waals surface area contributed by atoms with Crippen molar-refractivity contribution in [2.45, 2.75) is 31.8 Å². The van der Waals surface area contributed by atoms with E-state index in [0.29, 0.717) is 5.91 Å². The first kappa shape index (κ1) is 15.8. The Kier molecular flexibility index (Phi) is 5.34. The molecule has 1 amide bonds. The van der Waals surface area contributed by atoms with Crippen molar-refractivity contribution in [1.29, 1.82) is 0 Å². The summed E-state index contributed by atoms with van der Waals surface area (Å²) >= 11 is 6.03. The first-order chi connectivity index (χ1) is 10.7. The molecule has 0 aromatic heterocycles. The molecule has 0 saturated carbocycles. The third kappa shape index (κ3) is 4.00. The van der Waals surface area contributed by atoms with Gasteiger partial charge in [0.15, 0.2) is 0 Å². The number of carbonyl (C=O) groups excluding carboxylic acids is 1. The van der Waals surface area contributed by atoms with E-state index in [9.17, 15) is 4.79 Å². The molecule has 2 saturated heterocycles. The van der Waals surface area contributed by atoms with Crippen LogP contribution in [-0.2, 0) is 11.3 Å². The Bertz CT molecular complexity index is 508. The number of benzene rings is 1. The third-order valence-electron chi connectivity index (χ3n) is 4.59. The summed E-state index contributed by atoms with van der Waals surface area (Å²) in [5, 5.41) is 4.14. The molecule has 3 rings (SSSR count). The maximum atomic E-state index is 12.5. The van der Waals surface area contributed by atoms with Crippen LogP contribution >= 0.6 is 11.6 Å². The standard InChI is InChI=1S/C17H24ClN3O/c18-15-5-3-4-14(12-15)13-20-8-10-21(11-9-20)17(22)16-6-1-2-7-19-16/h3-5,12,16,19H,1-2,6-11,13H2. The van der Waals surface area contributed by atoms with Crippen LogP contribution in [0.15, 0.2) is 24.3 Å². The van der Waals surface area contributed by atoms with E-state index in [0.717, 1.165) is 57.1 Å². The number of piperidine rings is 1. The van der Waals surface area contributed by atoms with Crippen LogP contribution in [0, 0.1) is 0 Å². The van der Waals surface area contributed by atoms with Crippen LogP contribution in [0.1, 0.15) is 24.8 Å². The van der Waals surface area contributed by atoms with E-state index in [4.69, 9.17) is 11.6 Å². The van der Waals surface area contributed by atoms with Gasteiger partial charge >= 0.3 is 0 Å². The van der Waals surface area contributed by atoms with Crippen molar-refractivity contribution >= 4 is 17.5 Å². The number of amides is 1. The fourth-order valence-electron chi connectivity index (χ4n) is 3.30. The molecule has 1 aromatic carbocycles. The van der Waals surface area contributed by atoms with Gasteiger partial charge in [-0.05, 0) is 37.1 Å². The van der Waals surface area contributed by atoms with Crippen LogP contribution in [0.3, 0.4) is 0 Å². The minimum atomic E-state index is 0.0493. The van der Waals surface area contributed by atoms with Gasteiger partial charge in [-0.25, -0.2) is 0 Å². The Morgan fingerprint density at radius 2 is 2.05 bits per heavy atom. The molecule has 1 atom stereocenters. The lowest BCUT2D eigenvalue weighted by Crippen LogP contribution is -2.54. The van der Waals surface area contributed by atoms with Crippen molar-refractivity contribution < 1.29 is 4.79 Å². The third-order valence-corrected chi connectivity index (χ3v) is 4.82. The van der Waals surface area contributed by atoms with Crippen molar-refractivity contribution in [2.75, 3.05) is 32.7 Å². The molecule has 0 bridgehead atoms. The van der Waals surface area contributed by atoms with E-state index in [2.05, 4.69) is 16.3 Å². The molecular weight excluding hydrogens is 298 g/mol. The highest BCUT2D eigenvalue weighted by atomic mass is 35.5. The van der Waals surface area contributed by atoms with Gasteiger partial charge in [-0.2, -0.15) is 0 Å². The van der Waals surface area contributed by atoms with Crippen LogP contribution in [0.5, 0.6) is 0 Å². The zero-order chi connectivity index (χ0) is 15.4. The Hall–Kier alpha value is -1.10. The fourth-order valence-corrected chi connectivity index (χ4v) is 3.52. The highest BCUT2D eigenvalue weighted by Gasteiger charge is 2.28. The molecule has 2 fully saturated rings. The predicted molar refractivity (Wildman–Crippen MR) is 89.0 cm³/mol. The number of halogens is 1. The molecule has 2 heterocycles. The summed E-state index contributed by atoms with van der Waals surface area (Å²) < 4.78 is 0. The molecule has 0 aliphatic carbocycles. The first-order valence-electron chi connectivity index (χ1n) is 8.21. The van der Waals surface area contributed by atoms with E-state index in [1.165, 1.54) is 12.0 Å². The lowest BCUT2D eigenvalue weighted by Gasteiger charge is -2.37. The number of hydrogen-bond donors (Lipinski definition) is 1. The van der Waals surface area contributed by atoms with Crippen LogP contribution in [0.25, 0.3) is 0 Å². The van der Waals surface area contributed by atoms with Crippen molar-refractivity contribution in [1.82, 2.24) is 15.1 Å². The summed E-state index contributed by atoms with van der Waals surface area (Å²) in [6.07, 6.45) is 3.34. The molecule has 2 aliphatic rings. The SMILES string of the molecule is O=C(C1CCCCN1)N1CCN(Cc2cccc(Cl)c2)CC1. The molecular formula is C17H24ClN3O. The number of hydrogen-bond acceptors (Lipinski definition) is 3. The monoisotopic (exact) mass is 321 g/mol. The normalized spacial score (nSPS) is 23.5. The quantitative estimate of drug-likeness (QED) is 0.926. The summed E-state index contributed by atoms with van der Waals surface area (Å²) in [7, 11) is 0. The Morgan fingerprint density at radius 3 is 2.73 bits per heavy atom. The second-order valence-corrected chi connectivity index (χ2v) is 6.67. The van der Waals surface area contributed by atoms with E-state index < -0.39 is 0 Å². The Labute approximate surface area is 137 Å². The van der Waals surface area contributed by atoms with Crippen molar-refractivity contribution in [2.24, 2.45) is 0 Å². The van der Waals surface area contributed by atoms with Gasteiger partial charge in [0.2, 0.25) is 5.91 Å². The van der Waals surface area contributed by atoms with E-state index in [1.807, 2.05) is 23.1 Å². The second-order valence-electron chi connectivity index (χ2n) is 6.23. The zero-order valence-electron chi connectivity index (χ0n) is 12.9. The van der Waals surface area contributed by atoms with Gasteiger partial charge in [0.25, 0.3) is 0 Å². The van der Waals surface area contributed by atoms with E-state index in [-0.39, 0.29) is 6.04 Å². The van der Waals surface area contributed by atoms with Crippen LogP contribution in [0.4, 0.5) is 0 Å². The maximum absolute atomic E-state index is 12.5. The Balaban J connectivity index is 1.48. The van der Waals surface area contributed by atoms with E-state index >= 15 is 0 Å². The molecule has 22 heavy (non-hydrogen) atoms. The minimum Gasteiger partial charge on any atom is -0.339 e. The predicted octanol–water partition coefficient (Wildman–Crippen LogP) is 2.13. The second kappa shape index (κ2) is 7.44. The van der Waals surface area contributed by atoms with Crippen LogP contribution < -0.4 is 5.32 Å². The largest absolute Gasteiger partial charge is 0.339 e. The minimum absolute atomic E-state index is 0.0493. The zero-order valence-corrected chi connectivity index (χ0v) is 13.7. The van der Waals surface area contributed by atoms with Gasteiger partial charge in [-0.1, -0.05) is 30.2 Å². The summed E-state index contributed by atoms with van der Waals surface area (Å²) in [6.45, 7) is 5.42. The highest BCUT2D eigenvalue weighted by molar-refractivity contribution is 6.30. The topological polar surface area (TPSA) is 35.6 Å². The fraction of sp³-hybridized carbons (Fsp3) is 0.588. The molecule has 1 N–H and O–H groups in total. The number of nitrogens with zero attached hydrogens (tertiary/aromatic N) is 2. The molecule has 2 aliphatic heterocycles. The van der Waals surface area contributed by atoms with Crippen LogP contribution in [0.2, 0.25) is 5.02 Å². The smallest absolute Gasteiger partial charge is 0.239 e. The number of carbonyl (C=O) groups is 1. The molecule has 4 nitrogen and oxygen atoms in total. The molecule has 1 aromatic rings. The first-order valence-corrected chi connectivity index (χ1v) is 8.59. The summed E-state index contributed by atoms with van der Waals surface area (Å²) in [5.74, 6) is 0.294. The molecule has 0 radical (unpaired) electrons. The summed E-state index contributed by atoms with van der Waals surface area (Å²) in [6, 6.07) is 8.07. The van der Waals surface area contributed by atoms with Gasteiger partial charge in [0.1, 0.15) is 0 Å². The molecule has 120 valence electrons. The average Bonchev–Trinajstić information content (AvgIpc) is 2.56. The number of piperazine rings is 1. The molecule has 1 unspecified atom stereocenters. The van der Waals surface area contributed by atoms with Gasteiger partial charge < -0.3 is 10.2 Å². The van der Waals surface area contributed by atoms with Crippen molar-refractivity contribution in [3.8, 4) is 0 Å². The number of nitrogens with one attached hydrogen (secondary N) is 1. The van der Waals surface area contributed by atoms with Gasteiger partial charge in [0.05, 0.1) is 6.04 Å². The van der Waals surface area contributed by atoms with Gasteiger partial charge in [-0.3, -0.25) is 9.69 Å². The lowest BCUT2D eigenvalue weighted by molar-refractivity contribution is -0.135. The lowest BCUT2D eigenvalue weighted by atomic mass is 10.0. The highest BCUT2D eigenvalue weighted by Crippen LogP contribution is 2.15. The molecule has 0 spiro atoms. The average molecular weight is 322 g/mol. The van der Waals surface area contributed by atoms with Crippen LogP contribution in [-0.4, -0.2) is 54.5 Å². The molecule has 5 heteroatoms. The van der Waals surface area contributed by atoms with Crippen molar-refractivity contribution in [3.63, 3.8) is 0 Å². The summed E-state index contributed by atoms with van der Waals surface area (Å²) in [5.41, 5.74) is 1.24. The number of rotatable bonds is 3. The van der Waals surface area contributed by atoms with E-state index in [1.54, 1.807) is 0 Å². The van der Waals surface area contributed by atoms with Gasteiger partial charge in [-0.15, -0.1) is 0 Å². The van der Waals surface area contributed by atoms with Gasteiger partial charge in [0, 0.05) is 37.7 Å². The summed E-state index contributed by atoms with van der Waals surface area (Å²) in [4.78, 5) is 16.9. The Morgan fingerprint density at radius 1 is 1.23 bits per heavy atom. The van der Waals surface area contributed by atoms with Crippen molar-refractivity contribution in [3.05, 3.63) is 34.9 Å².